The maximum absolute atomic E-state index is 14.3. The van der Waals surface area contributed by atoms with E-state index >= 15 is 0 Å². The normalized spacial score (nSPS) is 10.9. The standard InChI is InChI=1S/C25H19ClFN5O5/c1-34-15-9-13(10-16(12-15)35-2)22-28-24(37-31-22)17-8-7-14(11-20(17)36-3)32-25(33)29-23(30-32)21-18(26)5-4-6-19(21)27/h4-12H,1-3H3,(H,29,30,33). The molecule has 2 heterocycles. The Hall–Kier alpha value is -4.64. The molecule has 37 heavy (non-hydrogen) atoms. The number of methoxy groups -OCH3 is 3. The predicted octanol–water partition coefficient (Wildman–Crippen LogP) is 4.76. The minimum absolute atomic E-state index is 0.00355. The molecule has 0 radical (unpaired) electrons. The quantitative estimate of drug-likeness (QED) is 0.324. The molecule has 0 fully saturated rings. The van der Waals surface area contributed by atoms with E-state index < -0.39 is 11.5 Å². The lowest BCUT2D eigenvalue weighted by atomic mass is 10.1. The number of hydrogen-bond donors (Lipinski definition) is 1. The Kier molecular flexibility index (Phi) is 6.36. The van der Waals surface area contributed by atoms with Crippen molar-refractivity contribution in [3.05, 3.63) is 75.9 Å². The molecule has 0 amide bonds. The minimum atomic E-state index is -0.609. The largest absolute Gasteiger partial charge is 0.497 e. The number of nitrogens with zero attached hydrogens (tertiary/aromatic N) is 4. The van der Waals surface area contributed by atoms with Gasteiger partial charge in [0.2, 0.25) is 5.82 Å². The molecule has 0 aliphatic rings. The summed E-state index contributed by atoms with van der Waals surface area (Å²) in [6.45, 7) is 0. The van der Waals surface area contributed by atoms with Crippen LogP contribution in [0.4, 0.5) is 4.39 Å². The van der Waals surface area contributed by atoms with Crippen LogP contribution in [0, 0.1) is 5.82 Å². The first-order valence-electron chi connectivity index (χ1n) is 10.8. The topological polar surface area (TPSA) is 117 Å². The highest BCUT2D eigenvalue weighted by atomic mass is 35.5. The van der Waals surface area contributed by atoms with Crippen molar-refractivity contribution in [2.45, 2.75) is 0 Å². The Bertz CT molecular complexity index is 1620. The molecule has 5 rings (SSSR count). The Morgan fingerprint density at radius 1 is 1.00 bits per heavy atom. The number of benzene rings is 3. The van der Waals surface area contributed by atoms with Gasteiger partial charge in [-0.25, -0.2) is 9.18 Å². The van der Waals surface area contributed by atoms with Gasteiger partial charge < -0.3 is 18.7 Å². The van der Waals surface area contributed by atoms with Crippen molar-refractivity contribution in [2.24, 2.45) is 0 Å². The molecule has 5 aromatic rings. The van der Waals surface area contributed by atoms with E-state index in [1.54, 1.807) is 50.6 Å². The van der Waals surface area contributed by atoms with Crippen LogP contribution in [-0.2, 0) is 0 Å². The van der Waals surface area contributed by atoms with Crippen molar-refractivity contribution >= 4 is 11.6 Å². The third-order valence-electron chi connectivity index (χ3n) is 5.51. The number of hydrogen-bond acceptors (Lipinski definition) is 8. The summed E-state index contributed by atoms with van der Waals surface area (Å²) < 4.78 is 37.0. The highest BCUT2D eigenvalue weighted by Crippen LogP contribution is 2.34. The van der Waals surface area contributed by atoms with E-state index in [9.17, 15) is 9.18 Å². The molecule has 1 N–H and O–H groups in total. The first-order valence-corrected chi connectivity index (χ1v) is 11.2. The number of halogens is 2. The van der Waals surface area contributed by atoms with Gasteiger partial charge in [0.15, 0.2) is 5.82 Å². The Labute approximate surface area is 214 Å². The molecule has 0 unspecified atom stereocenters. The summed E-state index contributed by atoms with van der Waals surface area (Å²) in [5.41, 5.74) is 0.884. The molecular weight excluding hydrogens is 505 g/mol. The van der Waals surface area contributed by atoms with Crippen LogP contribution >= 0.6 is 11.6 Å². The van der Waals surface area contributed by atoms with Gasteiger partial charge in [-0.1, -0.05) is 22.8 Å². The van der Waals surface area contributed by atoms with Crippen LogP contribution in [0.1, 0.15) is 0 Å². The fourth-order valence-corrected chi connectivity index (χ4v) is 3.96. The minimum Gasteiger partial charge on any atom is -0.497 e. The van der Waals surface area contributed by atoms with E-state index in [0.29, 0.717) is 39.9 Å². The van der Waals surface area contributed by atoms with Crippen molar-refractivity contribution in [1.82, 2.24) is 24.9 Å². The predicted molar refractivity (Wildman–Crippen MR) is 133 cm³/mol. The molecule has 0 aliphatic carbocycles. The van der Waals surface area contributed by atoms with Crippen molar-refractivity contribution in [3.8, 4) is 57.2 Å². The number of nitrogens with one attached hydrogen (secondary N) is 1. The Balaban J connectivity index is 1.51. The van der Waals surface area contributed by atoms with Crippen LogP contribution in [0.3, 0.4) is 0 Å². The molecule has 0 bridgehead atoms. The van der Waals surface area contributed by atoms with Gasteiger partial charge in [0.25, 0.3) is 5.89 Å². The van der Waals surface area contributed by atoms with E-state index in [4.69, 9.17) is 30.3 Å². The number of ether oxygens (including phenoxy) is 3. The van der Waals surface area contributed by atoms with E-state index in [-0.39, 0.29) is 22.3 Å². The number of aromatic nitrogens is 5. The van der Waals surface area contributed by atoms with E-state index in [1.807, 2.05) is 0 Å². The second-order valence-electron chi connectivity index (χ2n) is 7.70. The molecule has 3 aromatic carbocycles. The monoisotopic (exact) mass is 523 g/mol. The molecule has 0 spiro atoms. The molecular formula is C25H19ClFN5O5. The molecule has 0 saturated carbocycles. The third kappa shape index (κ3) is 4.52. The summed E-state index contributed by atoms with van der Waals surface area (Å²) in [5.74, 6) is 1.37. The first-order chi connectivity index (χ1) is 17.9. The highest BCUT2D eigenvalue weighted by Gasteiger charge is 2.20. The van der Waals surface area contributed by atoms with Gasteiger partial charge in [-0.2, -0.15) is 9.67 Å². The van der Waals surface area contributed by atoms with Crippen LogP contribution in [0.15, 0.2) is 63.9 Å². The van der Waals surface area contributed by atoms with Crippen LogP contribution in [0.2, 0.25) is 5.02 Å². The maximum Gasteiger partial charge on any atom is 0.348 e. The molecule has 0 aliphatic heterocycles. The number of H-pyrrole nitrogens is 1. The van der Waals surface area contributed by atoms with Gasteiger partial charge in [0.05, 0.1) is 43.2 Å². The van der Waals surface area contributed by atoms with Crippen LogP contribution in [-0.4, -0.2) is 46.2 Å². The summed E-state index contributed by atoms with van der Waals surface area (Å²) >= 11 is 6.12. The molecule has 2 aromatic heterocycles. The fraction of sp³-hybridized carbons (Fsp3) is 0.120. The zero-order chi connectivity index (χ0) is 26.1. The molecule has 0 atom stereocenters. The van der Waals surface area contributed by atoms with E-state index in [0.717, 1.165) is 4.68 Å². The second-order valence-corrected chi connectivity index (χ2v) is 8.10. The Morgan fingerprint density at radius 3 is 2.43 bits per heavy atom. The van der Waals surface area contributed by atoms with Gasteiger partial charge in [-0.3, -0.25) is 4.98 Å². The van der Waals surface area contributed by atoms with Gasteiger partial charge in [0.1, 0.15) is 23.1 Å². The molecule has 0 saturated heterocycles. The van der Waals surface area contributed by atoms with E-state index in [2.05, 4.69) is 20.2 Å². The lowest BCUT2D eigenvalue weighted by Crippen LogP contribution is -2.16. The summed E-state index contributed by atoms with van der Waals surface area (Å²) in [6.07, 6.45) is 0. The molecule has 12 heteroatoms. The zero-order valence-corrected chi connectivity index (χ0v) is 20.5. The SMILES string of the molecule is COc1cc(OC)cc(-c2noc(-c3ccc(-n4nc(-c5c(F)cccc5Cl)[nH]c4=O)cc3OC)n2)c1. The van der Waals surface area contributed by atoms with Crippen LogP contribution in [0.5, 0.6) is 17.2 Å². The lowest BCUT2D eigenvalue weighted by Gasteiger charge is -2.08. The fourth-order valence-electron chi connectivity index (χ4n) is 3.71. The first kappa shape index (κ1) is 24.1. The van der Waals surface area contributed by atoms with Crippen molar-refractivity contribution in [3.63, 3.8) is 0 Å². The Morgan fingerprint density at radius 2 is 1.76 bits per heavy atom. The average molecular weight is 524 g/mol. The number of aromatic amines is 1. The smallest absolute Gasteiger partial charge is 0.348 e. The summed E-state index contributed by atoms with van der Waals surface area (Å²) in [6, 6.07) is 14.3. The average Bonchev–Trinajstić information content (AvgIpc) is 3.55. The highest BCUT2D eigenvalue weighted by molar-refractivity contribution is 6.33. The van der Waals surface area contributed by atoms with Gasteiger partial charge in [-0.15, -0.1) is 5.10 Å². The summed E-state index contributed by atoms with van der Waals surface area (Å²) in [7, 11) is 4.56. The maximum atomic E-state index is 14.3. The summed E-state index contributed by atoms with van der Waals surface area (Å²) in [5, 5.41) is 8.40. The lowest BCUT2D eigenvalue weighted by molar-refractivity contribution is 0.394. The third-order valence-corrected chi connectivity index (χ3v) is 5.83. The van der Waals surface area contributed by atoms with Gasteiger partial charge in [-0.05, 0) is 36.4 Å². The van der Waals surface area contributed by atoms with Crippen molar-refractivity contribution < 1.29 is 23.1 Å². The van der Waals surface area contributed by atoms with Crippen molar-refractivity contribution in [1.29, 1.82) is 0 Å². The van der Waals surface area contributed by atoms with Gasteiger partial charge in [0, 0.05) is 17.7 Å². The van der Waals surface area contributed by atoms with E-state index in [1.165, 1.54) is 25.3 Å². The molecule has 10 nitrogen and oxygen atoms in total. The van der Waals surface area contributed by atoms with Crippen LogP contribution < -0.4 is 19.9 Å². The second kappa shape index (κ2) is 9.78. The zero-order valence-electron chi connectivity index (χ0n) is 19.8. The van der Waals surface area contributed by atoms with Crippen LogP contribution in [0.25, 0.3) is 39.9 Å². The number of rotatable bonds is 7. The molecule has 188 valence electrons. The van der Waals surface area contributed by atoms with Crippen molar-refractivity contribution in [2.75, 3.05) is 21.3 Å². The van der Waals surface area contributed by atoms with Gasteiger partial charge >= 0.3 is 5.69 Å². The summed E-state index contributed by atoms with van der Waals surface area (Å²) in [4.78, 5) is 19.6.